The molecule has 0 saturated heterocycles. The van der Waals surface area contributed by atoms with Gasteiger partial charge < -0.3 is 95.5 Å². The largest absolute Gasteiger partial charge is 0.508 e. The van der Waals surface area contributed by atoms with Crippen LogP contribution in [-0.4, -0.2) is 111 Å². The molecule has 8 aromatic rings. The summed E-state index contributed by atoms with van der Waals surface area (Å²) >= 11 is 0. The molecule has 0 bridgehead atoms. The summed E-state index contributed by atoms with van der Waals surface area (Å²) in [6, 6.07) is 24.2. The molecule has 0 fully saturated rings. The van der Waals surface area contributed by atoms with Crippen molar-refractivity contribution >= 4 is 23.1 Å². The van der Waals surface area contributed by atoms with E-state index in [1.807, 2.05) is 65.0 Å². The minimum absolute atomic E-state index is 0.0203. The van der Waals surface area contributed by atoms with Crippen LogP contribution in [0.25, 0.3) is 0 Å². The summed E-state index contributed by atoms with van der Waals surface area (Å²) < 4.78 is 23.8. The summed E-state index contributed by atoms with van der Waals surface area (Å²) in [5, 5.41) is 152. The fourth-order valence-electron chi connectivity index (χ4n) is 15.4. The highest BCUT2D eigenvalue weighted by Crippen LogP contribution is 2.50. The van der Waals surface area contributed by atoms with E-state index in [2.05, 4.69) is 58.9 Å². The van der Waals surface area contributed by atoms with E-state index in [1.165, 1.54) is 47.1 Å². The van der Waals surface area contributed by atoms with Crippen molar-refractivity contribution in [1.29, 1.82) is 0 Å². The molecule has 126 heavy (non-hydrogen) atoms. The normalized spacial score (nSPS) is 16.3. The number of aliphatic hydroxyl groups is 2. The maximum Gasteiger partial charge on any atom is 0.174 e. The molecule has 672 valence electrons. The first-order valence-corrected chi connectivity index (χ1v) is 42.6. The van der Waals surface area contributed by atoms with Gasteiger partial charge in [0.1, 0.15) is 133 Å². The quantitative estimate of drug-likeness (QED) is 0.0177. The summed E-state index contributed by atoms with van der Waals surface area (Å²) in [4.78, 5) is 50.8. The maximum atomic E-state index is 12.8. The first-order valence-electron chi connectivity index (χ1n) is 42.6. The van der Waals surface area contributed by atoms with E-state index in [0.29, 0.717) is 71.9 Å². The highest BCUT2D eigenvalue weighted by molar-refractivity contribution is 6.05. The number of rotatable bonds is 26. The van der Waals surface area contributed by atoms with Crippen molar-refractivity contribution < 1.29 is 115 Å². The van der Waals surface area contributed by atoms with Crippen LogP contribution in [0.2, 0.25) is 0 Å². The summed E-state index contributed by atoms with van der Waals surface area (Å²) in [6.07, 6.45) is 20.1. The number of phenols is 13. The number of benzene rings is 8. The number of Topliss-reactive ketones (excluding diaryl/α,β-unsaturated/α-hetero) is 4. The van der Waals surface area contributed by atoms with Gasteiger partial charge in [0.15, 0.2) is 34.6 Å². The van der Waals surface area contributed by atoms with Crippen LogP contribution in [-0.2, 0) is 25.7 Å². The lowest BCUT2D eigenvalue weighted by atomic mass is 9.90. The Morgan fingerprint density at radius 2 is 0.690 bits per heavy atom. The van der Waals surface area contributed by atoms with Gasteiger partial charge in [-0.2, -0.15) is 0 Å². The van der Waals surface area contributed by atoms with Gasteiger partial charge in [-0.05, 0) is 251 Å². The number of carbonyl (C=O) groups excluding carboxylic acids is 4. The molecule has 15 N–H and O–H groups in total. The van der Waals surface area contributed by atoms with E-state index < -0.39 is 35.6 Å². The van der Waals surface area contributed by atoms with E-state index in [-0.39, 0.29) is 169 Å². The lowest BCUT2D eigenvalue weighted by Gasteiger charge is -2.28. The van der Waals surface area contributed by atoms with Crippen molar-refractivity contribution in [2.45, 2.75) is 255 Å². The Morgan fingerprint density at radius 1 is 0.341 bits per heavy atom. The fraction of sp³-hybridized carbons (Fsp3) is 0.379. The van der Waals surface area contributed by atoms with E-state index in [1.54, 1.807) is 65.0 Å². The van der Waals surface area contributed by atoms with Gasteiger partial charge >= 0.3 is 0 Å². The zero-order valence-electron chi connectivity index (χ0n) is 74.7. The van der Waals surface area contributed by atoms with Crippen molar-refractivity contribution in [3.63, 3.8) is 0 Å². The molecule has 4 heterocycles. The molecule has 8 aromatic carbocycles. The third kappa shape index (κ3) is 26.0. The Hall–Kier alpha value is -12.6. The van der Waals surface area contributed by atoms with E-state index >= 15 is 0 Å². The zero-order chi connectivity index (χ0) is 92.7. The van der Waals surface area contributed by atoms with Gasteiger partial charge in [-0.1, -0.05) is 106 Å². The molecule has 4 atom stereocenters. The molecule has 4 aliphatic heterocycles. The van der Waals surface area contributed by atoms with Gasteiger partial charge in [0.2, 0.25) is 0 Å². The van der Waals surface area contributed by atoms with Crippen LogP contribution in [0.5, 0.6) is 97.7 Å². The number of phenolic OH excluding ortho intramolecular Hbond substituents is 13. The van der Waals surface area contributed by atoms with Crippen molar-refractivity contribution in [2.24, 2.45) is 0 Å². The second-order valence-corrected chi connectivity index (χ2v) is 35.2. The monoisotopic (exact) mass is 1730 g/mol. The van der Waals surface area contributed by atoms with E-state index in [4.69, 9.17) is 18.9 Å². The number of ether oxygens (including phenoxy) is 4. The van der Waals surface area contributed by atoms with Crippen molar-refractivity contribution in [3.05, 3.63) is 250 Å². The van der Waals surface area contributed by atoms with Crippen molar-refractivity contribution in [1.82, 2.24) is 0 Å². The number of aromatic hydroxyl groups is 13. The second kappa shape index (κ2) is 42.4. The predicted molar refractivity (Wildman–Crippen MR) is 484 cm³/mol. The average Bonchev–Trinajstić information content (AvgIpc) is 0.778. The molecule has 23 heteroatoms. The van der Waals surface area contributed by atoms with E-state index in [9.17, 15) is 95.8 Å². The summed E-state index contributed by atoms with van der Waals surface area (Å²) in [5.41, 5.74) is 13.1. The highest BCUT2D eigenvalue weighted by Gasteiger charge is 2.38. The third-order valence-corrected chi connectivity index (χ3v) is 22.7. The lowest BCUT2D eigenvalue weighted by molar-refractivity contribution is 0.0683. The standard InChI is InChI=1S/C26H32O6.2C26H30O5.C25H30O7/c1-15(6-5-11-26(3,4)31)7-9-19-18(10-8-16(2)25(19)30)22-14-21(29)24-20(28)12-17(27)13-23(24)32-22;1-15(2)6-5-7-16(3)8-11-19-21(28)13-24-25(26(19)30)22(29)14-23(31-24)18-10-9-17(4)20(27)12-18;1-15(2)6-5-7-16(3)8-10-20-19(11-9-17(4)26(20)30)23-14-22(29)25-21(28)12-18(27)13-24(25)31-23;1-14(5-4-8-25(2,3)31)6-7-15-9-16(10-20(29)24(15)30)21-13-19(28)23-18(27)11-17(26)12-22(23)32-21/h7-8,10,12-13,22,27-28,30-31H,5-6,9,11,14H2,1-4H3;6,8-10,12-13,23,27-28,30H,5,7,11,14H2,1-4H3;6,8-9,11-13,23,27-28,30H,5,7,10,14H2,1-4H3;6,9-12,21,26-27,29-31H,4-5,7-8,13H2,1-3H3/b15-7+;2*16-8+;14-6+/t22-;2*23-;21-/m0000/s1. The minimum Gasteiger partial charge on any atom is -0.508 e. The van der Waals surface area contributed by atoms with Crippen LogP contribution in [0, 0.1) is 20.8 Å². The first kappa shape index (κ1) is 97.2. The zero-order valence-corrected chi connectivity index (χ0v) is 74.7. The fourth-order valence-corrected chi connectivity index (χ4v) is 15.4. The molecule has 0 aromatic heterocycles. The van der Waals surface area contributed by atoms with Crippen LogP contribution >= 0.6 is 0 Å². The number of allylic oxidation sites excluding steroid dienone is 12. The first-order chi connectivity index (χ1) is 59.2. The number of aryl methyl sites for hydroxylation is 3. The average molecular weight is 1730 g/mol. The molecular weight excluding hydrogens is 1610 g/mol. The molecule has 12 rings (SSSR count). The third-order valence-electron chi connectivity index (χ3n) is 22.7. The molecule has 0 saturated carbocycles. The minimum atomic E-state index is -0.738. The smallest absolute Gasteiger partial charge is 0.174 e. The summed E-state index contributed by atoms with van der Waals surface area (Å²) in [6.45, 7) is 29.0. The maximum absolute atomic E-state index is 12.8. The number of fused-ring (bicyclic) bond motifs is 4. The van der Waals surface area contributed by atoms with Crippen molar-refractivity contribution in [3.8, 4) is 97.7 Å². The number of hydrogen-bond donors (Lipinski definition) is 15. The van der Waals surface area contributed by atoms with Gasteiger partial charge in [0.05, 0.1) is 36.9 Å². The molecule has 4 aliphatic rings. The summed E-state index contributed by atoms with van der Waals surface area (Å²) in [5.74, 6) is -2.53. The molecule has 23 nitrogen and oxygen atoms in total. The number of ketones is 4. The van der Waals surface area contributed by atoms with Crippen LogP contribution in [0.1, 0.15) is 300 Å². The van der Waals surface area contributed by atoms with E-state index in [0.717, 1.165) is 114 Å². The molecule has 0 spiro atoms. The van der Waals surface area contributed by atoms with Crippen LogP contribution in [0.4, 0.5) is 0 Å². The van der Waals surface area contributed by atoms with Gasteiger partial charge in [0.25, 0.3) is 0 Å². The topological polar surface area (TPSA) is 409 Å². The van der Waals surface area contributed by atoms with Gasteiger partial charge in [-0.15, -0.1) is 0 Å². The molecular formula is C103H122O23. The summed E-state index contributed by atoms with van der Waals surface area (Å²) in [7, 11) is 0. The second-order valence-electron chi connectivity index (χ2n) is 35.2. The Kier molecular flexibility index (Phi) is 32.7. The number of carbonyl (C=O) groups is 4. The highest BCUT2D eigenvalue weighted by atomic mass is 16.5. The Labute approximate surface area is 737 Å². The van der Waals surface area contributed by atoms with Gasteiger partial charge in [0, 0.05) is 64.7 Å². The Balaban J connectivity index is 0.000000190. The number of hydrogen-bond acceptors (Lipinski definition) is 23. The van der Waals surface area contributed by atoms with Crippen LogP contribution in [0.15, 0.2) is 167 Å². The molecule has 0 amide bonds. The molecule has 0 radical (unpaired) electrons. The lowest BCUT2D eigenvalue weighted by Crippen LogP contribution is -2.21. The SMILES string of the molecule is C/C(=C\Cc1c([C@@H]2CC(=O)c3c(O)cc(O)cc3O2)ccc(C)c1O)CCCC(C)(C)O.C/C(=C\Cc1cc([C@@H]2CC(=O)c3c(O)cc(O)cc3O2)cc(O)c1O)CCCC(C)(C)O.CC(C)=CCC/C(C)=C/Cc1c(O)cc2c(c1O)C(=O)C[C@@H](c1ccc(C)c(O)c1)O2.CC(C)=CCC/C(C)=C/Cc1c([C@@H]2CC(=O)c3c(O)cc(O)cc3O2)ccc(C)c1O. The Morgan fingerprint density at radius 3 is 1.10 bits per heavy atom. The van der Waals surface area contributed by atoms with Gasteiger partial charge in [-0.25, -0.2) is 0 Å². The van der Waals surface area contributed by atoms with Gasteiger partial charge in [-0.3, -0.25) is 19.2 Å². The molecule has 0 aliphatic carbocycles. The van der Waals surface area contributed by atoms with Crippen LogP contribution < -0.4 is 18.9 Å². The van der Waals surface area contributed by atoms with Crippen LogP contribution in [0.3, 0.4) is 0 Å². The van der Waals surface area contributed by atoms with Crippen molar-refractivity contribution in [2.75, 3.05) is 0 Å². The predicted octanol–water partition coefficient (Wildman–Crippen LogP) is 22.0. The molecule has 0 unspecified atom stereocenters. The Bertz CT molecular complexity index is 5570.